The van der Waals surface area contributed by atoms with E-state index in [1.54, 1.807) is 0 Å². The number of nitrogens with one attached hydrogen (secondary N) is 2. The largest absolute Gasteiger partial charge is 0.378 e. The van der Waals surface area contributed by atoms with Crippen LogP contribution < -0.4 is 5.32 Å². The first-order chi connectivity index (χ1) is 8.22. The van der Waals surface area contributed by atoms with Crippen LogP contribution >= 0.6 is 0 Å². The first-order valence-electron chi connectivity index (χ1n) is 6.04. The Kier molecular flexibility index (Phi) is 3.47. The van der Waals surface area contributed by atoms with Crippen molar-refractivity contribution in [1.29, 1.82) is 0 Å². The molecule has 0 spiro atoms. The summed E-state index contributed by atoms with van der Waals surface area (Å²) in [5, 5.41) is 10.6. The Morgan fingerprint density at radius 2 is 1.88 bits per heavy atom. The SMILES string of the molecule is CCc1ccccc1CNc1c(C)n[nH]c1C. The molecule has 0 aliphatic carbocycles. The molecule has 0 aliphatic rings. The topological polar surface area (TPSA) is 40.7 Å². The van der Waals surface area contributed by atoms with E-state index in [9.17, 15) is 0 Å². The Balaban J connectivity index is 2.12. The normalized spacial score (nSPS) is 10.5. The summed E-state index contributed by atoms with van der Waals surface area (Å²) in [6.07, 6.45) is 1.07. The molecule has 0 amide bonds. The Morgan fingerprint density at radius 3 is 2.47 bits per heavy atom. The quantitative estimate of drug-likeness (QED) is 0.845. The molecule has 0 aliphatic heterocycles. The van der Waals surface area contributed by atoms with E-state index >= 15 is 0 Å². The smallest absolute Gasteiger partial charge is 0.0825 e. The second-order valence-electron chi connectivity index (χ2n) is 4.28. The van der Waals surface area contributed by atoms with Crippen molar-refractivity contribution >= 4 is 5.69 Å². The van der Waals surface area contributed by atoms with Crippen LogP contribution in [0.5, 0.6) is 0 Å². The van der Waals surface area contributed by atoms with Crippen LogP contribution in [0.15, 0.2) is 24.3 Å². The molecule has 0 saturated heterocycles. The lowest BCUT2D eigenvalue weighted by atomic mass is 10.1. The maximum Gasteiger partial charge on any atom is 0.0825 e. The molecule has 2 aromatic rings. The van der Waals surface area contributed by atoms with Gasteiger partial charge in [-0.1, -0.05) is 31.2 Å². The zero-order chi connectivity index (χ0) is 12.3. The summed E-state index contributed by atoms with van der Waals surface area (Å²) in [7, 11) is 0. The minimum Gasteiger partial charge on any atom is -0.378 e. The van der Waals surface area contributed by atoms with Crippen LogP contribution in [0.25, 0.3) is 0 Å². The average molecular weight is 229 g/mol. The highest BCUT2D eigenvalue weighted by Crippen LogP contribution is 2.18. The number of anilines is 1. The van der Waals surface area contributed by atoms with E-state index in [0.29, 0.717) is 0 Å². The average Bonchev–Trinajstić information content (AvgIpc) is 2.67. The van der Waals surface area contributed by atoms with Gasteiger partial charge in [0.05, 0.1) is 17.1 Å². The molecule has 0 atom stereocenters. The zero-order valence-electron chi connectivity index (χ0n) is 10.7. The summed E-state index contributed by atoms with van der Waals surface area (Å²) >= 11 is 0. The first kappa shape index (κ1) is 11.7. The summed E-state index contributed by atoms with van der Waals surface area (Å²) in [5.74, 6) is 0. The fourth-order valence-corrected chi connectivity index (χ4v) is 2.07. The summed E-state index contributed by atoms with van der Waals surface area (Å²) < 4.78 is 0. The third-order valence-electron chi connectivity index (χ3n) is 3.08. The summed E-state index contributed by atoms with van der Waals surface area (Å²) in [6.45, 7) is 7.09. The molecule has 1 aromatic carbocycles. The number of nitrogens with zero attached hydrogens (tertiary/aromatic N) is 1. The van der Waals surface area contributed by atoms with Crippen molar-refractivity contribution in [2.45, 2.75) is 33.7 Å². The Morgan fingerprint density at radius 1 is 1.18 bits per heavy atom. The molecule has 2 rings (SSSR count). The predicted octanol–water partition coefficient (Wildman–Crippen LogP) is 3.20. The Hall–Kier alpha value is -1.77. The molecule has 0 fully saturated rings. The van der Waals surface area contributed by atoms with E-state index in [0.717, 1.165) is 30.0 Å². The maximum atomic E-state index is 4.18. The Bertz CT molecular complexity index is 480. The number of aryl methyl sites for hydroxylation is 3. The molecule has 1 aromatic heterocycles. The highest BCUT2D eigenvalue weighted by molar-refractivity contribution is 5.52. The van der Waals surface area contributed by atoms with Crippen LogP contribution in [-0.4, -0.2) is 10.2 Å². The molecule has 17 heavy (non-hydrogen) atoms. The monoisotopic (exact) mass is 229 g/mol. The third-order valence-corrected chi connectivity index (χ3v) is 3.08. The molecule has 1 heterocycles. The fourth-order valence-electron chi connectivity index (χ4n) is 2.07. The fraction of sp³-hybridized carbons (Fsp3) is 0.357. The van der Waals surface area contributed by atoms with Crippen LogP contribution in [0, 0.1) is 13.8 Å². The highest BCUT2D eigenvalue weighted by Gasteiger charge is 2.06. The van der Waals surface area contributed by atoms with Crippen molar-refractivity contribution in [3.63, 3.8) is 0 Å². The molecule has 3 nitrogen and oxygen atoms in total. The number of aromatic amines is 1. The van der Waals surface area contributed by atoms with Crippen molar-refractivity contribution in [1.82, 2.24) is 10.2 Å². The summed E-state index contributed by atoms with van der Waals surface area (Å²) in [4.78, 5) is 0. The van der Waals surface area contributed by atoms with E-state index < -0.39 is 0 Å². The van der Waals surface area contributed by atoms with E-state index in [2.05, 4.69) is 46.7 Å². The van der Waals surface area contributed by atoms with Crippen LogP contribution in [0.2, 0.25) is 0 Å². The molecule has 0 radical (unpaired) electrons. The maximum absolute atomic E-state index is 4.18. The minimum absolute atomic E-state index is 0.852. The van der Waals surface area contributed by atoms with Gasteiger partial charge in [0.15, 0.2) is 0 Å². The van der Waals surface area contributed by atoms with Gasteiger partial charge >= 0.3 is 0 Å². The molecule has 90 valence electrons. The van der Waals surface area contributed by atoms with Gasteiger partial charge in [-0.25, -0.2) is 0 Å². The third kappa shape index (κ3) is 2.49. The summed E-state index contributed by atoms with van der Waals surface area (Å²) in [6, 6.07) is 8.55. The standard InChI is InChI=1S/C14H19N3/c1-4-12-7-5-6-8-13(12)9-15-14-10(2)16-17-11(14)3/h5-8,15H,4,9H2,1-3H3,(H,16,17). The van der Waals surface area contributed by atoms with Crippen molar-refractivity contribution < 1.29 is 0 Å². The first-order valence-corrected chi connectivity index (χ1v) is 6.04. The Labute approximate surface area is 102 Å². The van der Waals surface area contributed by atoms with Crippen LogP contribution in [0.3, 0.4) is 0 Å². The van der Waals surface area contributed by atoms with Gasteiger partial charge in [0, 0.05) is 6.54 Å². The lowest BCUT2D eigenvalue weighted by Crippen LogP contribution is -2.03. The molecule has 0 unspecified atom stereocenters. The lowest BCUT2D eigenvalue weighted by molar-refractivity contribution is 1.02. The van der Waals surface area contributed by atoms with Crippen LogP contribution in [-0.2, 0) is 13.0 Å². The molecule has 0 bridgehead atoms. The van der Waals surface area contributed by atoms with Crippen LogP contribution in [0.1, 0.15) is 29.4 Å². The van der Waals surface area contributed by atoms with Crippen LogP contribution in [0.4, 0.5) is 5.69 Å². The number of hydrogen-bond donors (Lipinski definition) is 2. The van der Waals surface area contributed by atoms with Gasteiger partial charge in [-0.05, 0) is 31.4 Å². The molecule has 2 N–H and O–H groups in total. The minimum atomic E-state index is 0.852. The van der Waals surface area contributed by atoms with Crippen molar-refractivity contribution in [2.75, 3.05) is 5.32 Å². The van der Waals surface area contributed by atoms with E-state index in [1.807, 2.05) is 13.8 Å². The number of hydrogen-bond acceptors (Lipinski definition) is 2. The van der Waals surface area contributed by atoms with Gasteiger partial charge in [-0.3, -0.25) is 5.10 Å². The predicted molar refractivity (Wildman–Crippen MR) is 71.2 cm³/mol. The van der Waals surface area contributed by atoms with Crippen molar-refractivity contribution in [3.8, 4) is 0 Å². The number of benzene rings is 1. The highest BCUT2D eigenvalue weighted by atomic mass is 15.1. The van der Waals surface area contributed by atoms with Gasteiger partial charge < -0.3 is 5.32 Å². The van der Waals surface area contributed by atoms with E-state index in [1.165, 1.54) is 11.1 Å². The number of H-pyrrole nitrogens is 1. The molecule has 3 heteroatoms. The van der Waals surface area contributed by atoms with E-state index in [-0.39, 0.29) is 0 Å². The van der Waals surface area contributed by atoms with Crippen molar-refractivity contribution in [3.05, 3.63) is 46.8 Å². The second-order valence-corrected chi connectivity index (χ2v) is 4.28. The van der Waals surface area contributed by atoms with Gasteiger partial charge in [0.1, 0.15) is 0 Å². The molecular formula is C14H19N3. The molecule has 0 saturated carbocycles. The number of aromatic nitrogens is 2. The zero-order valence-corrected chi connectivity index (χ0v) is 10.7. The van der Waals surface area contributed by atoms with Gasteiger partial charge in [0.2, 0.25) is 0 Å². The van der Waals surface area contributed by atoms with Gasteiger partial charge in [-0.15, -0.1) is 0 Å². The second kappa shape index (κ2) is 5.04. The lowest BCUT2D eigenvalue weighted by Gasteiger charge is -2.10. The number of rotatable bonds is 4. The van der Waals surface area contributed by atoms with Gasteiger partial charge in [0.25, 0.3) is 0 Å². The van der Waals surface area contributed by atoms with E-state index in [4.69, 9.17) is 0 Å². The van der Waals surface area contributed by atoms with Gasteiger partial charge in [-0.2, -0.15) is 5.10 Å². The van der Waals surface area contributed by atoms with Crippen molar-refractivity contribution in [2.24, 2.45) is 0 Å². The molecular weight excluding hydrogens is 210 g/mol. The summed E-state index contributed by atoms with van der Waals surface area (Å²) in [5.41, 5.74) is 6.00.